The van der Waals surface area contributed by atoms with Crippen molar-refractivity contribution < 1.29 is 14.3 Å². The molecule has 2 aromatic rings. The van der Waals surface area contributed by atoms with Gasteiger partial charge in [-0.1, -0.05) is 0 Å². The zero-order valence-electron chi connectivity index (χ0n) is 16.6. The summed E-state index contributed by atoms with van der Waals surface area (Å²) in [4.78, 5) is 20.3. The molecule has 1 amide bonds. The summed E-state index contributed by atoms with van der Waals surface area (Å²) in [5.74, 6) is 1.17. The van der Waals surface area contributed by atoms with Crippen LogP contribution in [0, 0.1) is 0 Å². The maximum atomic E-state index is 11.9. The number of carbonyl (C=O) groups excluding carboxylic acids is 1. The van der Waals surface area contributed by atoms with E-state index in [2.05, 4.69) is 23.7 Å². The monoisotopic (exact) mass is 371 g/mol. The van der Waals surface area contributed by atoms with Crippen LogP contribution < -0.4 is 9.47 Å². The second kappa shape index (κ2) is 8.57. The molecular formula is C21H29N3O3. The topological polar surface area (TPSA) is 54.9 Å². The van der Waals surface area contributed by atoms with E-state index < -0.39 is 6.09 Å². The lowest BCUT2D eigenvalue weighted by Crippen LogP contribution is -2.41. The minimum Gasteiger partial charge on any atom is -0.490 e. The maximum absolute atomic E-state index is 11.9. The Balaban J connectivity index is 1.64. The third-order valence-electron chi connectivity index (χ3n) is 5.12. The van der Waals surface area contributed by atoms with E-state index in [1.54, 1.807) is 13.1 Å². The molecule has 0 N–H and O–H groups in total. The highest BCUT2D eigenvalue weighted by molar-refractivity contribution is 5.81. The minimum atomic E-state index is -0.406. The fraction of sp³-hybridized carbons (Fsp3) is 0.524. The number of piperidine rings is 1. The molecule has 0 spiro atoms. The SMILES string of the molecule is CCN(C)C(=O)Oc1ccc2cc(OC3CCN(C(C)C)CC3)ccc2n1. The van der Waals surface area contributed by atoms with E-state index in [-0.39, 0.29) is 6.10 Å². The summed E-state index contributed by atoms with van der Waals surface area (Å²) in [6.07, 6.45) is 1.95. The van der Waals surface area contributed by atoms with Crippen LogP contribution >= 0.6 is 0 Å². The molecule has 0 aliphatic carbocycles. The van der Waals surface area contributed by atoms with Crippen LogP contribution in [0.1, 0.15) is 33.6 Å². The van der Waals surface area contributed by atoms with E-state index in [0.717, 1.165) is 42.6 Å². The Kier molecular flexibility index (Phi) is 6.16. The van der Waals surface area contributed by atoms with Gasteiger partial charge in [0.1, 0.15) is 11.9 Å². The van der Waals surface area contributed by atoms with E-state index in [9.17, 15) is 4.79 Å². The number of rotatable bonds is 5. The number of fused-ring (bicyclic) bond motifs is 1. The molecule has 0 unspecified atom stereocenters. The van der Waals surface area contributed by atoms with Crippen molar-refractivity contribution in [1.82, 2.24) is 14.8 Å². The number of likely N-dealkylation sites (tertiary alicyclic amines) is 1. The van der Waals surface area contributed by atoms with Crippen molar-refractivity contribution in [2.45, 2.75) is 45.8 Å². The zero-order chi connectivity index (χ0) is 19.4. The zero-order valence-corrected chi connectivity index (χ0v) is 16.6. The van der Waals surface area contributed by atoms with Gasteiger partial charge in [0.2, 0.25) is 5.88 Å². The fourth-order valence-electron chi connectivity index (χ4n) is 3.21. The van der Waals surface area contributed by atoms with Gasteiger partial charge in [0, 0.05) is 44.2 Å². The molecule has 0 radical (unpaired) electrons. The van der Waals surface area contributed by atoms with Crippen LogP contribution in [0.5, 0.6) is 11.6 Å². The molecular weight excluding hydrogens is 342 g/mol. The van der Waals surface area contributed by atoms with Crippen LogP contribution in [0.15, 0.2) is 30.3 Å². The van der Waals surface area contributed by atoms with Crippen molar-refractivity contribution in [2.24, 2.45) is 0 Å². The summed E-state index contributed by atoms with van der Waals surface area (Å²) in [6.45, 7) is 9.12. The van der Waals surface area contributed by atoms with Crippen molar-refractivity contribution in [1.29, 1.82) is 0 Å². The van der Waals surface area contributed by atoms with Crippen LogP contribution in [0.4, 0.5) is 4.79 Å². The van der Waals surface area contributed by atoms with Crippen molar-refractivity contribution in [2.75, 3.05) is 26.7 Å². The van der Waals surface area contributed by atoms with Crippen LogP contribution in [0.3, 0.4) is 0 Å². The number of nitrogens with zero attached hydrogens (tertiary/aromatic N) is 3. The fourth-order valence-corrected chi connectivity index (χ4v) is 3.21. The predicted octanol–water partition coefficient (Wildman–Crippen LogP) is 3.94. The molecule has 146 valence electrons. The summed E-state index contributed by atoms with van der Waals surface area (Å²) < 4.78 is 11.5. The van der Waals surface area contributed by atoms with Crippen molar-refractivity contribution in [3.05, 3.63) is 30.3 Å². The highest BCUT2D eigenvalue weighted by Gasteiger charge is 2.22. The van der Waals surface area contributed by atoms with E-state index in [1.165, 1.54) is 4.90 Å². The normalized spacial score (nSPS) is 15.9. The van der Waals surface area contributed by atoms with Gasteiger partial charge in [0.05, 0.1) is 5.52 Å². The number of amides is 1. The Labute approximate surface area is 161 Å². The minimum absolute atomic E-state index is 0.259. The number of ether oxygens (including phenoxy) is 2. The van der Waals surface area contributed by atoms with Gasteiger partial charge < -0.3 is 19.3 Å². The Hall–Kier alpha value is -2.34. The van der Waals surface area contributed by atoms with Crippen LogP contribution in [0.25, 0.3) is 10.9 Å². The van der Waals surface area contributed by atoms with Crippen molar-refractivity contribution >= 4 is 17.0 Å². The average Bonchev–Trinajstić information content (AvgIpc) is 2.67. The molecule has 6 nitrogen and oxygen atoms in total. The molecule has 1 aliphatic heterocycles. The number of carbonyl (C=O) groups is 1. The molecule has 0 saturated carbocycles. The first-order valence-corrected chi connectivity index (χ1v) is 9.70. The van der Waals surface area contributed by atoms with E-state index in [4.69, 9.17) is 9.47 Å². The number of aromatic nitrogens is 1. The Bertz CT molecular complexity index is 785. The van der Waals surface area contributed by atoms with Gasteiger partial charge in [-0.05, 0) is 57.9 Å². The molecule has 3 rings (SSSR count). The summed E-state index contributed by atoms with van der Waals surface area (Å²) in [7, 11) is 1.69. The summed E-state index contributed by atoms with van der Waals surface area (Å²) in [5, 5.41) is 0.968. The largest absolute Gasteiger partial charge is 0.490 e. The van der Waals surface area contributed by atoms with Crippen molar-refractivity contribution in [3.8, 4) is 11.6 Å². The first kappa shape index (κ1) is 19.4. The highest BCUT2D eigenvalue weighted by Crippen LogP contribution is 2.25. The van der Waals surface area contributed by atoms with Gasteiger partial charge >= 0.3 is 6.09 Å². The van der Waals surface area contributed by atoms with Gasteiger partial charge in [-0.25, -0.2) is 9.78 Å². The molecule has 1 aromatic carbocycles. The molecule has 1 aliphatic rings. The molecule has 0 atom stereocenters. The smallest absolute Gasteiger partial charge is 0.416 e. The second-order valence-corrected chi connectivity index (χ2v) is 7.33. The predicted molar refractivity (Wildman–Crippen MR) is 106 cm³/mol. The van der Waals surface area contributed by atoms with Crippen molar-refractivity contribution in [3.63, 3.8) is 0 Å². The lowest BCUT2D eigenvalue weighted by atomic mass is 10.1. The maximum Gasteiger partial charge on any atom is 0.416 e. The number of pyridine rings is 1. The Morgan fingerprint density at radius 1 is 1.26 bits per heavy atom. The molecule has 2 heterocycles. The molecule has 6 heteroatoms. The van der Waals surface area contributed by atoms with Gasteiger partial charge in [0.25, 0.3) is 0 Å². The Morgan fingerprint density at radius 2 is 2.00 bits per heavy atom. The molecule has 1 saturated heterocycles. The standard InChI is InChI=1S/C21H29N3O3/c1-5-23(4)21(25)27-20-9-6-16-14-18(7-8-19(16)22-20)26-17-10-12-24(13-11-17)15(2)3/h6-9,14-15,17H,5,10-13H2,1-4H3. The van der Waals surface area contributed by atoms with Crippen LogP contribution in [0.2, 0.25) is 0 Å². The first-order valence-electron chi connectivity index (χ1n) is 9.70. The summed E-state index contributed by atoms with van der Waals surface area (Å²) >= 11 is 0. The van der Waals surface area contributed by atoms with E-state index in [1.807, 2.05) is 31.2 Å². The lowest BCUT2D eigenvalue weighted by Gasteiger charge is -2.34. The highest BCUT2D eigenvalue weighted by atomic mass is 16.6. The van der Waals surface area contributed by atoms with Gasteiger partial charge in [-0.3, -0.25) is 0 Å². The molecule has 1 fully saturated rings. The lowest BCUT2D eigenvalue weighted by molar-refractivity contribution is 0.0844. The molecule has 27 heavy (non-hydrogen) atoms. The van der Waals surface area contributed by atoms with Gasteiger partial charge in [-0.15, -0.1) is 0 Å². The van der Waals surface area contributed by atoms with Crippen LogP contribution in [-0.4, -0.2) is 59.7 Å². The Morgan fingerprint density at radius 3 is 2.67 bits per heavy atom. The quantitative estimate of drug-likeness (QED) is 0.797. The number of hydrogen-bond donors (Lipinski definition) is 0. The average molecular weight is 371 g/mol. The number of hydrogen-bond acceptors (Lipinski definition) is 5. The first-order chi connectivity index (χ1) is 13.0. The third kappa shape index (κ3) is 4.89. The summed E-state index contributed by atoms with van der Waals surface area (Å²) in [6, 6.07) is 10.1. The third-order valence-corrected chi connectivity index (χ3v) is 5.12. The van der Waals surface area contributed by atoms with E-state index in [0.29, 0.717) is 18.5 Å². The molecule has 1 aromatic heterocycles. The van der Waals surface area contributed by atoms with Gasteiger partial charge in [-0.2, -0.15) is 0 Å². The van der Waals surface area contributed by atoms with Gasteiger partial charge in [0.15, 0.2) is 0 Å². The second-order valence-electron chi connectivity index (χ2n) is 7.33. The van der Waals surface area contributed by atoms with E-state index >= 15 is 0 Å². The molecule has 0 bridgehead atoms. The number of benzene rings is 1. The van der Waals surface area contributed by atoms with Crippen LogP contribution in [-0.2, 0) is 0 Å². The summed E-state index contributed by atoms with van der Waals surface area (Å²) in [5.41, 5.74) is 0.779.